The minimum absolute atomic E-state index is 0.243. The van der Waals surface area contributed by atoms with E-state index < -0.39 is 11.9 Å². The Morgan fingerprint density at radius 2 is 2.16 bits per heavy atom. The number of carbonyl (C=O) groups excluding carboxylic acids is 1. The van der Waals surface area contributed by atoms with E-state index in [2.05, 4.69) is 21.2 Å². The number of aliphatic hydroxyl groups excluding tert-OH is 1. The normalized spacial score (nSPS) is 17.4. The summed E-state index contributed by atoms with van der Waals surface area (Å²) >= 11 is 3.16. The van der Waals surface area contributed by atoms with Gasteiger partial charge in [-0.2, -0.15) is 0 Å². The van der Waals surface area contributed by atoms with Crippen LogP contribution in [0.25, 0.3) is 0 Å². The van der Waals surface area contributed by atoms with Crippen LogP contribution in [0.1, 0.15) is 36.0 Å². The predicted molar refractivity (Wildman–Crippen MR) is 74.4 cm³/mol. The lowest BCUT2D eigenvalue weighted by molar-refractivity contribution is 0.0840. The van der Waals surface area contributed by atoms with Crippen molar-refractivity contribution in [3.63, 3.8) is 0 Å². The highest BCUT2D eigenvalue weighted by atomic mass is 79.9. The Morgan fingerprint density at radius 3 is 2.79 bits per heavy atom. The molecule has 1 aliphatic carbocycles. The van der Waals surface area contributed by atoms with Gasteiger partial charge in [0.2, 0.25) is 0 Å². The van der Waals surface area contributed by atoms with Gasteiger partial charge in [-0.15, -0.1) is 0 Å². The molecule has 1 unspecified atom stereocenters. The number of hydrogen-bond acceptors (Lipinski definition) is 2. The van der Waals surface area contributed by atoms with Gasteiger partial charge in [-0.25, -0.2) is 4.39 Å². The van der Waals surface area contributed by atoms with Crippen molar-refractivity contribution in [2.75, 3.05) is 6.54 Å². The van der Waals surface area contributed by atoms with Crippen LogP contribution in [0.4, 0.5) is 4.39 Å². The Labute approximate surface area is 120 Å². The molecule has 2 rings (SSSR count). The molecule has 19 heavy (non-hydrogen) atoms. The fraction of sp³-hybridized carbons (Fsp3) is 0.500. The molecule has 0 aromatic heterocycles. The number of hydrogen-bond donors (Lipinski definition) is 2. The fourth-order valence-corrected chi connectivity index (χ4v) is 3.01. The number of amides is 1. The number of rotatable bonds is 4. The zero-order valence-electron chi connectivity index (χ0n) is 10.5. The van der Waals surface area contributed by atoms with Crippen LogP contribution in [0.5, 0.6) is 0 Å². The van der Waals surface area contributed by atoms with Crippen LogP contribution < -0.4 is 5.32 Å². The molecule has 0 bridgehead atoms. The Morgan fingerprint density at radius 1 is 1.47 bits per heavy atom. The summed E-state index contributed by atoms with van der Waals surface area (Å²) in [5.74, 6) is -0.407. The fourth-order valence-electron chi connectivity index (χ4n) is 2.47. The summed E-state index contributed by atoms with van der Waals surface area (Å²) in [7, 11) is 0. The Kier molecular flexibility index (Phi) is 4.93. The molecule has 1 aromatic rings. The SMILES string of the molecule is O=C(NCC(O)C1CCCC1)c1ccc(F)cc1Br. The van der Waals surface area contributed by atoms with E-state index in [0.717, 1.165) is 25.7 Å². The van der Waals surface area contributed by atoms with E-state index in [-0.39, 0.29) is 18.4 Å². The van der Waals surface area contributed by atoms with Gasteiger partial charge < -0.3 is 10.4 Å². The molecule has 0 saturated heterocycles. The number of benzene rings is 1. The highest BCUT2D eigenvalue weighted by molar-refractivity contribution is 9.10. The number of aliphatic hydroxyl groups is 1. The lowest BCUT2D eigenvalue weighted by Gasteiger charge is -2.18. The maximum absolute atomic E-state index is 12.9. The van der Waals surface area contributed by atoms with E-state index in [9.17, 15) is 14.3 Å². The quantitative estimate of drug-likeness (QED) is 0.892. The largest absolute Gasteiger partial charge is 0.391 e. The van der Waals surface area contributed by atoms with Crippen LogP contribution in [0, 0.1) is 11.7 Å². The topological polar surface area (TPSA) is 49.3 Å². The minimum Gasteiger partial charge on any atom is -0.391 e. The first-order valence-corrected chi connectivity index (χ1v) is 7.28. The monoisotopic (exact) mass is 329 g/mol. The Balaban J connectivity index is 1.90. The molecular formula is C14H17BrFNO2. The van der Waals surface area contributed by atoms with Crippen LogP contribution in [-0.2, 0) is 0 Å². The molecule has 0 radical (unpaired) electrons. The van der Waals surface area contributed by atoms with Gasteiger partial charge in [0, 0.05) is 11.0 Å². The summed E-state index contributed by atoms with van der Waals surface area (Å²) in [6, 6.07) is 3.92. The van der Waals surface area contributed by atoms with Crippen LogP contribution in [-0.4, -0.2) is 23.7 Å². The summed E-state index contributed by atoms with van der Waals surface area (Å²) in [4.78, 5) is 11.9. The molecule has 0 aliphatic heterocycles. The summed E-state index contributed by atoms with van der Waals surface area (Å²) in [5, 5.41) is 12.7. The standard InChI is InChI=1S/C14H17BrFNO2/c15-12-7-10(16)5-6-11(12)14(19)17-8-13(18)9-3-1-2-4-9/h5-7,9,13,18H,1-4,8H2,(H,17,19). The van der Waals surface area contributed by atoms with Crippen LogP contribution in [0.3, 0.4) is 0 Å². The van der Waals surface area contributed by atoms with E-state index in [4.69, 9.17) is 0 Å². The Hall–Kier alpha value is -0.940. The smallest absolute Gasteiger partial charge is 0.252 e. The second-order valence-electron chi connectivity index (χ2n) is 4.95. The third-order valence-electron chi connectivity index (χ3n) is 3.59. The van der Waals surface area contributed by atoms with Gasteiger partial charge in [0.05, 0.1) is 11.7 Å². The molecule has 1 aromatic carbocycles. The minimum atomic E-state index is -0.495. The predicted octanol–water partition coefficient (Wildman–Crippen LogP) is 2.87. The number of carbonyl (C=O) groups is 1. The van der Waals surface area contributed by atoms with Gasteiger partial charge in [0.25, 0.3) is 5.91 Å². The zero-order valence-corrected chi connectivity index (χ0v) is 12.1. The lowest BCUT2D eigenvalue weighted by Crippen LogP contribution is -2.35. The first-order valence-electron chi connectivity index (χ1n) is 6.49. The van der Waals surface area contributed by atoms with Gasteiger partial charge >= 0.3 is 0 Å². The Bertz CT molecular complexity index is 461. The second-order valence-corrected chi connectivity index (χ2v) is 5.80. The van der Waals surface area contributed by atoms with Crippen molar-refractivity contribution >= 4 is 21.8 Å². The summed E-state index contributed by atoms with van der Waals surface area (Å²) in [6.45, 7) is 0.243. The number of halogens is 2. The van der Waals surface area contributed by atoms with E-state index in [1.165, 1.54) is 18.2 Å². The highest BCUT2D eigenvalue weighted by Crippen LogP contribution is 2.27. The molecule has 1 fully saturated rings. The summed E-state index contributed by atoms with van der Waals surface area (Å²) in [6.07, 6.45) is 3.86. The second kappa shape index (κ2) is 6.48. The van der Waals surface area contributed by atoms with Crippen LogP contribution >= 0.6 is 15.9 Å². The van der Waals surface area contributed by atoms with Gasteiger partial charge in [0.1, 0.15) is 5.82 Å². The third-order valence-corrected chi connectivity index (χ3v) is 4.25. The molecule has 1 amide bonds. The average molecular weight is 330 g/mol. The first kappa shape index (κ1) is 14.5. The maximum Gasteiger partial charge on any atom is 0.252 e. The van der Waals surface area contributed by atoms with Crippen molar-refractivity contribution in [2.45, 2.75) is 31.8 Å². The van der Waals surface area contributed by atoms with Crippen molar-refractivity contribution in [2.24, 2.45) is 5.92 Å². The van der Waals surface area contributed by atoms with Crippen molar-refractivity contribution in [3.8, 4) is 0 Å². The van der Waals surface area contributed by atoms with Crippen molar-refractivity contribution in [1.29, 1.82) is 0 Å². The molecule has 0 spiro atoms. The van der Waals surface area contributed by atoms with Crippen molar-refractivity contribution in [3.05, 3.63) is 34.1 Å². The van der Waals surface area contributed by atoms with Crippen molar-refractivity contribution in [1.82, 2.24) is 5.32 Å². The van der Waals surface area contributed by atoms with Gasteiger partial charge in [-0.05, 0) is 52.9 Å². The molecule has 2 N–H and O–H groups in total. The van der Waals surface area contributed by atoms with Crippen LogP contribution in [0.15, 0.2) is 22.7 Å². The maximum atomic E-state index is 12.9. The van der Waals surface area contributed by atoms with Crippen molar-refractivity contribution < 1.29 is 14.3 Å². The van der Waals surface area contributed by atoms with Gasteiger partial charge in [-0.3, -0.25) is 4.79 Å². The first-order chi connectivity index (χ1) is 9.08. The van der Waals surface area contributed by atoms with E-state index in [1.54, 1.807) is 0 Å². The molecular weight excluding hydrogens is 313 g/mol. The van der Waals surface area contributed by atoms with Crippen LogP contribution in [0.2, 0.25) is 0 Å². The van der Waals surface area contributed by atoms with Gasteiger partial charge in [0.15, 0.2) is 0 Å². The molecule has 3 nitrogen and oxygen atoms in total. The third kappa shape index (κ3) is 3.76. The summed E-state index contributed by atoms with van der Waals surface area (Å²) in [5.41, 5.74) is 0.375. The number of nitrogens with one attached hydrogen (secondary N) is 1. The molecule has 104 valence electrons. The highest BCUT2D eigenvalue weighted by Gasteiger charge is 2.23. The lowest BCUT2D eigenvalue weighted by atomic mass is 10.0. The van der Waals surface area contributed by atoms with E-state index in [1.807, 2.05) is 0 Å². The zero-order chi connectivity index (χ0) is 13.8. The molecule has 1 aliphatic rings. The molecule has 1 atom stereocenters. The average Bonchev–Trinajstić information content (AvgIpc) is 2.89. The molecule has 0 heterocycles. The van der Waals surface area contributed by atoms with E-state index >= 15 is 0 Å². The van der Waals surface area contributed by atoms with E-state index in [0.29, 0.717) is 10.0 Å². The van der Waals surface area contributed by atoms with Gasteiger partial charge in [-0.1, -0.05) is 12.8 Å². The summed E-state index contributed by atoms with van der Waals surface area (Å²) < 4.78 is 13.3. The molecule has 1 saturated carbocycles. The molecule has 5 heteroatoms.